The highest BCUT2D eigenvalue weighted by Gasteiger charge is 2.23. The van der Waals surface area contributed by atoms with E-state index in [1.807, 2.05) is 24.3 Å². The fourth-order valence-corrected chi connectivity index (χ4v) is 2.81. The molecule has 2 heterocycles. The van der Waals surface area contributed by atoms with Crippen molar-refractivity contribution in [3.05, 3.63) is 59.4 Å². The molecule has 0 spiro atoms. The minimum absolute atomic E-state index is 0.00407. The maximum absolute atomic E-state index is 12.2. The molecule has 0 bridgehead atoms. The molecular weight excluding hydrogens is 274 g/mol. The van der Waals surface area contributed by atoms with Crippen molar-refractivity contribution in [2.45, 2.75) is 39.4 Å². The van der Waals surface area contributed by atoms with Crippen LogP contribution in [0.15, 0.2) is 42.7 Å². The molecule has 22 heavy (non-hydrogen) atoms. The zero-order valence-electron chi connectivity index (χ0n) is 13.0. The third kappa shape index (κ3) is 3.17. The standard InChI is InChI=1S/C18H21N3O/c1-13(2)21-11-15-6-3-7-17(16(15)12-21)20-18(22)9-14-5-4-8-19-10-14/h3-8,10,13H,9,11-12H2,1-2H3,(H,20,22). The summed E-state index contributed by atoms with van der Waals surface area (Å²) in [5, 5.41) is 3.06. The van der Waals surface area contributed by atoms with Crippen molar-refractivity contribution in [3.8, 4) is 0 Å². The van der Waals surface area contributed by atoms with Crippen LogP contribution in [0, 0.1) is 0 Å². The molecule has 0 saturated heterocycles. The van der Waals surface area contributed by atoms with E-state index in [0.717, 1.165) is 24.3 Å². The van der Waals surface area contributed by atoms with E-state index in [4.69, 9.17) is 0 Å². The van der Waals surface area contributed by atoms with Gasteiger partial charge in [-0.25, -0.2) is 0 Å². The Kier molecular flexibility index (Phi) is 4.20. The molecule has 1 aromatic carbocycles. The van der Waals surface area contributed by atoms with Gasteiger partial charge in [0.2, 0.25) is 5.91 Å². The first-order valence-electron chi connectivity index (χ1n) is 7.67. The minimum Gasteiger partial charge on any atom is -0.325 e. The first-order valence-corrected chi connectivity index (χ1v) is 7.67. The van der Waals surface area contributed by atoms with Gasteiger partial charge in [-0.05, 0) is 42.7 Å². The summed E-state index contributed by atoms with van der Waals surface area (Å²) in [5.74, 6) is 0.00407. The van der Waals surface area contributed by atoms with Crippen LogP contribution in [0.5, 0.6) is 0 Å². The summed E-state index contributed by atoms with van der Waals surface area (Å²) in [5.41, 5.74) is 4.43. The van der Waals surface area contributed by atoms with Crippen LogP contribution < -0.4 is 5.32 Å². The van der Waals surface area contributed by atoms with Gasteiger partial charge in [0.15, 0.2) is 0 Å². The molecular formula is C18H21N3O. The Morgan fingerprint density at radius 2 is 2.14 bits per heavy atom. The van der Waals surface area contributed by atoms with Crippen LogP contribution in [0.25, 0.3) is 0 Å². The van der Waals surface area contributed by atoms with Gasteiger partial charge in [-0.1, -0.05) is 18.2 Å². The molecule has 0 aliphatic carbocycles. The summed E-state index contributed by atoms with van der Waals surface area (Å²) >= 11 is 0. The molecule has 1 aliphatic rings. The maximum atomic E-state index is 12.2. The van der Waals surface area contributed by atoms with Crippen LogP contribution in [0.3, 0.4) is 0 Å². The van der Waals surface area contributed by atoms with Gasteiger partial charge >= 0.3 is 0 Å². The second-order valence-electron chi connectivity index (χ2n) is 6.03. The number of hydrogen-bond donors (Lipinski definition) is 1. The molecule has 0 radical (unpaired) electrons. The SMILES string of the molecule is CC(C)N1Cc2cccc(NC(=O)Cc3cccnc3)c2C1. The number of hydrogen-bond acceptors (Lipinski definition) is 3. The van der Waals surface area contributed by atoms with E-state index >= 15 is 0 Å². The van der Waals surface area contributed by atoms with Crippen LogP contribution in [0.1, 0.15) is 30.5 Å². The highest BCUT2D eigenvalue weighted by molar-refractivity contribution is 5.93. The third-order valence-corrected chi connectivity index (χ3v) is 4.10. The molecule has 1 N–H and O–H groups in total. The van der Waals surface area contributed by atoms with Gasteiger partial charge in [0.25, 0.3) is 0 Å². The summed E-state index contributed by atoms with van der Waals surface area (Å²) in [6.45, 7) is 6.26. The van der Waals surface area contributed by atoms with E-state index in [1.54, 1.807) is 12.4 Å². The smallest absolute Gasteiger partial charge is 0.228 e. The Balaban J connectivity index is 1.72. The molecule has 0 unspecified atom stereocenters. The lowest BCUT2D eigenvalue weighted by Crippen LogP contribution is -2.24. The largest absolute Gasteiger partial charge is 0.325 e. The van der Waals surface area contributed by atoms with E-state index in [9.17, 15) is 4.79 Å². The summed E-state index contributed by atoms with van der Waals surface area (Å²) in [6, 6.07) is 10.4. The second-order valence-corrected chi connectivity index (χ2v) is 6.03. The van der Waals surface area contributed by atoms with Crippen molar-refractivity contribution in [3.63, 3.8) is 0 Å². The van der Waals surface area contributed by atoms with Gasteiger partial charge in [0.1, 0.15) is 0 Å². The number of benzene rings is 1. The zero-order valence-corrected chi connectivity index (χ0v) is 13.0. The highest BCUT2D eigenvalue weighted by Crippen LogP contribution is 2.30. The summed E-state index contributed by atoms with van der Waals surface area (Å²) in [6.07, 6.45) is 3.80. The second kappa shape index (κ2) is 6.28. The number of fused-ring (bicyclic) bond motifs is 1. The molecule has 4 nitrogen and oxygen atoms in total. The van der Waals surface area contributed by atoms with Crippen molar-refractivity contribution in [1.29, 1.82) is 0 Å². The van der Waals surface area contributed by atoms with Gasteiger partial charge in [-0.3, -0.25) is 14.7 Å². The lowest BCUT2D eigenvalue weighted by atomic mass is 10.1. The van der Waals surface area contributed by atoms with Crippen molar-refractivity contribution >= 4 is 11.6 Å². The Hall–Kier alpha value is -2.20. The van der Waals surface area contributed by atoms with E-state index < -0.39 is 0 Å². The number of amides is 1. The van der Waals surface area contributed by atoms with Crippen LogP contribution >= 0.6 is 0 Å². The number of nitrogens with one attached hydrogen (secondary N) is 1. The summed E-state index contributed by atoms with van der Waals surface area (Å²) in [7, 11) is 0. The molecule has 0 atom stereocenters. The average molecular weight is 295 g/mol. The third-order valence-electron chi connectivity index (χ3n) is 4.10. The van der Waals surface area contributed by atoms with Crippen molar-refractivity contribution in [2.75, 3.05) is 5.32 Å². The zero-order chi connectivity index (χ0) is 15.5. The van der Waals surface area contributed by atoms with Crippen LogP contribution in [-0.2, 0) is 24.3 Å². The first-order chi connectivity index (χ1) is 10.6. The quantitative estimate of drug-likeness (QED) is 0.943. The number of rotatable bonds is 4. The minimum atomic E-state index is 0.00407. The molecule has 3 rings (SSSR count). The van der Waals surface area contributed by atoms with Gasteiger partial charge in [-0.15, -0.1) is 0 Å². The monoisotopic (exact) mass is 295 g/mol. The van der Waals surface area contributed by atoms with Crippen molar-refractivity contribution < 1.29 is 4.79 Å². The fraction of sp³-hybridized carbons (Fsp3) is 0.333. The molecule has 0 saturated carbocycles. The topological polar surface area (TPSA) is 45.2 Å². The van der Waals surface area contributed by atoms with E-state index in [2.05, 4.69) is 35.1 Å². The predicted octanol–water partition coefficient (Wildman–Crippen LogP) is 2.99. The van der Waals surface area contributed by atoms with Crippen LogP contribution in [0.4, 0.5) is 5.69 Å². The first kappa shape index (κ1) is 14.7. The molecule has 2 aromatic rings. The van der Waals surface area contributed by atoms with Gasteiger partial charge in [0, 0.05) is 37.2 Å². The molecule has 4 heteroatoms. The average Bonchev–Trinajstić information content (AvgIpc) is 2.93. The Morgan fingerprint density at radius 3 is 2.86 bits per heavy atom. The number of carbonyl (C=O) groups excluding carboxylic acids is 1. The van der Waals surface area contributed by atoms with Gasteiger partial charge in [0.05, 0.1) is 6.42 Å². The lowest BCUT2D eigenvalue weighted by molar-refractivity contribution is -0.115. The Bertz CT molecular complexity index is 667. The summed E-state index contributed by atoms with van der Waals surface area (Å²) < 4.78 is 0. The lowest BCUT2D eigenvalue weighted by Gasteiger charge is -2.19. The van der Waals surface area contributed by atoms with Crippen LogP contribution in [0.2, 0.25) is 0 Å². The number of pyridine rings is 1. The van der Waals surface area contributed by atoms with Crippen molar-refractivity contribution in [1.82, 2.24) is 9.88 Å². The predicted molar refractivity (Wildman–Crippen MR) is 87.4 cm³/mol. The normalized spacial score (nSPS) is 14.1. The van der Waals surface area contributed by atoms with Crippen molar-refractivity contribution in [2.24, 2.45) is 0 Å². The molecule has 1 aromatic heterocycles. The van der Waals surface area contributed by atoms with E-state index in [1.165, 1.54) is 11.1 Å². The molecule has 1 aliphatic heterocycles. The number of carbonyl (C=O) groups is 1. The summed E-state index contributed by atoms with van der Waals surface area (Å²) in [4.78, 5) is 18.7. The fourth-order valence-electron chi connectivity index (χ4n) is 2.81. The number of nitrogens with zero attached hydrogens (tertiary/aromatic N) is 2. The maximum Gasteiger partial charge on any atom is 0.228 e. The number of aromatic nitrogens is 1. The van der Waals surface area contributed by atoms with E-state index in [-0.39, 0.29) is 5.91 Å². The highest BCUT2D eigenvalue weighted by atomic mass is 16.1. The molecule has 1 amide bonds. The van der Waals surface area contributed by atoms with Gasteiger partial charge < -0.3 is 5.32 Å². The number of anilines is 1. The Labute approximate surface area is 131 Å². The molecule has 114 valence electrons. The van der Waals surface area contributed by atoms with E-state index in [0.29, 0.717) is 12.5 Å². The Morgan fingerprint density at radius 1 is 1.27 bits per heavy atom. The van der Waals surface area contributed by atoms with Crippen LogP contribution in [-0.4, -0.2) is 21.8 Å². The molecule has 0 fully saturated rings. The van der Waals surface area contributed by atoms with Gasteiger partial charge in [-0.2, -0.15) is 0 Å².